The fraction of sp³-hybridized carbons (Fsp3) is 0.933. The van der Waals surface area contributed by atoms with Gasteiger partial charge in [-0.2, -0.15) is 0 Å². The summed E-state index contributed by atoms with van der Waals surface area (Å²) in [6, 6.07) is 0. The van der Waals surface area contributed by atoms with Crippen LogP contribution in [0.3, 0.4) is 0 Å². The van der Waals surface area contributed by atoms with E-state index in [1.807, 2.05) is 25.7 Å². The first-order chi connectivity index (χ1) is 8.97. The molecule has 0 bridgehead atoms. The van der Waals surface area contributed by atoms with Crippen molar-refractivity contribution < 1.29 is 9.53 Å². The summed E-state index contributed by atoms with van der Waals surface area (Å²) in [6.07, 6.45) is 4.12. The Morgan fingerprint density at radius 1 is 1.16 bits per heavy atom. The van der Waals surface area contributed by atoms with Gasteiger partial charge in [0.2, 0.25) is 5.91 Å². The van der Waals surface area contributed by atoms with E-state index < -0.39 is 0 Å². The monoisotopic (exact) mass is 268 g/mol. The van der Waals surface area contributed by atoms with E-state index in [2.05, 4.69) is 4.90 Å². The van der Waals surface area contributed by atoms with Crippen LogP contribution >= 0.6 is 0 Å². The van der Waals surface area contributed by atoms with E-state index in [1.54, 1.807) is 0 Å². The van der Waals surface area contributed by atoms with Gasteiger partial charge in [0, 0.05) is 44.7 Å². The van der Waals surface area contributed by atoms with Crippen molar-refractivity contribution in [3.8, 4) is 0 Å². The van der Waals surface area contributed by atoms with Gasteiger partial charge in [-0.1, -0.05) is 20.8 Å². The van der Waals surface area contributed by atoms with Crippen LogP contribution in [-0.2, 0) is 9.53 Å². The second-order valence-corrected chi connectivity index (χ2v) is 6.83. The molecule has 0 aromatic rings. The fourth-order valence-electron chi connectivity index (χ4n) is 2.85. The summed E-state index contributed by atoms with van der Waals surface area (Å²) in [5.41, 5.74) is -0.255. The topological polar surface area (TPSA) is 32.8 Å². The normalized spacial score (nSPS) is 26.5. The predicted molar refractivity (Wildman–Crippen MR) is 76.1 cm³/mol. The molecule has 2 aliphatic heterocycles. The molecule has 110 valence electrons. The van der Waals surface area contributed by atoms with Crippen LogP contribution in [0.4, 0.5) is 0 Å². The van der Waals surface area contributed by atoms with Crippen LogP contribution in [0, 0.1) is 5.41 Å². The number of ether oxygens (including phenoxy) is 1. The van der Waals surface area contributed by atoms with Crippen LogP contribution in [0.5, 0.6) is 0 Å². The number of hydrogen-bond donors (Lipinski definition) is 0. The zero-order valence-electron chi connectivity index (χ0n) is 12.7. The Hall–Kier alpha value is -0.610. The Labute approximate surface area is 117 Å². The molecule has 1 atom stereocenters. The van der Waals surface area contributed by atoms with Gasteiger partial charge in [0.1, 0.15) is 0 Å². The number of hydrogen-bond acceptors (Lipinski definition) is 3. The van der Waals surface area contributed by atoms with Gasteiger partial charge >= 0.3 is 0 Å². The van der Waals surface area contributed by atoms with Gasteiger partial charge in [0.05, 0.1) is 6.10 Å². The van der Waals surface area contributed by atoms with Crippen molar-refractivity contribution in [3.05, 3.63) is 0 Å². The summed E-state index contributed by atoms with van der Waals surface area (Å²) in [7, 11) is 0. The Balaban J connectivity index is 1.74. The molecule has 2 saturated heterocycles. The second-order valence-electron chi connectivity index (χ2n) is 6.83. The molecule has 0 spiro atoms. The number of carbonyl (C=O) groups excluding carboxylic acids is 1. The lowest BCUT2D eigenvalue weighted by atomic mass is 9.94. The smallest absolute Gasteiger partial charge is 0.228 e. The zero-order valence-corrected chi connectivity index (χ0v) is 12.7. The summed E-state index contributed by atoms with van der Waals surface area (Å²) >= 11 is 0. The molecule has 4 heteroatoms. The highest BCUT2D eigenvalue weighted by atomic mass is 16.5. The molecule has 4 nitrogen and oxygen atoms in total. The largest absolute Gasteiger partial charge is 0.377 e. The molecule has 2 heterocycles. The molecule has 19 heavy (non-hydrogen) atoms. The Morgan fingerprint density at radius 2 is 1.84 bits per heavy atom. The quantitative estimate of drug-likeness (QED) is 0.765. The Kier molecular flexibility index (Phi) is 4.85. The van der Waals surface area contributed by atoms with Crippen LogP contribution in [0.2, 0.25) is 0 Å². The predicted octanol–water partition coefficient (Wildman–Crippen LogP) is 1.75. The van der Waals surface area contributed by atoms with E-state index in [1.165, 1.54) is 19.3 Å². The summed E-state index contributed by atoms with van der Waals surface area (Å²) in [6.45, 7) is 11.7. The lowest BCUT2D eigenvalue weighted by Crippen LogP contribution is -2.53. The highest BCUT2D eigenvalue weighted by molar-refractivity contribution is 5.81. The van der Waals surface area contributed by atoms with Crippen molar-refractivity contribution in [2.24, 2.45) is 5.41 Å². The van der Waals surface area contributed by atoms with Crippen molar-refractivity contribution >= 4 is 5.91 Å². The lowest BCUT2D eigenvalue weighted by molar-refractivity contribution is -0.141. The van der Waals surface area contributed by atoms with Crippen molar-refractivity contribution in [3.63, 3.8) is 0 Å². The second kappa shape index (κ2) is 6.23. The third kappa shape index (κ3) is 4.18. The van der Waals surface area contributed by atoms with E-state index in [4.69, 9.17) is 4.74 Å². The molecule has 0 N–H and O–H groups in total. The van der Waals surface area contributed by atoms with E-state index in [0.717, 1.165) is 39.3 Å². The van der Waals surface area contributed by atoms with Crippen LogP contribution in [0.15, 0.2) is 0 Å². The SMILES string of the molecule is CC(C)(C)C(=O)N1CCN(CC2CCCCO2)CC1. The van der Waals surface area contributed by atoms with E-state index in [9.17, 15) is 4.79 Å². The maximum absolute atomic E-state index is 12.2. The van der Waals surface area contributed by atoms with E-state index in [0.29, 0.717) is 6.10 Å². The van der Waals surface area contributed by atoms with Gasteiger partial charge in [-0.05, 0) is 19.3 Å². The third-order valence-electron chi connectivity index (χ3n) is 4.04. The first-order valence-corrected chi connectivity index (χ1v) is 7.60. The minimum Gasteiger partial charge on any atom is -0.377 e. The molecule has 2 fully saturated rings. The van der Waals surface area contributed by atoms with Gasteiger partial charge in [0.25, 0.3) is 0 Å². The fourth-order valence-corrected chi connectivity index (χ4v) is 2.85. The first kappa shape index (κ1) is 14.8. The molecule has 0 aromatic carbocycles. The average Bonchev–Trinajstić information content (AvgIpc) is 2.39. The van der Waals surface area contributed by atoms with Gasteiger partial charge in [0.15, 0.2) is 0 Å². The standard InChI is InChI=1S/C15H28N2O2/c1-15(2,3)14(18)17-9-7-16(8-10-17)12-13-6-4-5-11-19-13/h13H,4-12H2,1-3H3. The molecule has 1 unspecified atom stereocenters. The van der Waals surface area contributed by atoms with Crippen molar-refractivity contribution in [1.82, 2.24) is 9.80 Å². The molecular weight excluding hydrogens is 240 g/mol. The molecule has 2 rings (SSSR count). The van der Waals surface area contributed by atoms with E-state index >= 15 is 0 Å². The number of nitrogens with zero attached hydrogens (tertiary/aromatic N) is 2. The van der Waals surface area contributed by atoms with Crippen molar-refractivity contribution in [2.75, 3.05) is 39.3 Å². The van der Waals surface area contributed by atoms with Crippen LogP contribution in [0.1, 0.15) is 40.0 Å². The molecular formula is C15H28N2O2. The van der Waals surface area contributed by atoms with Crippen LogP contribution < -0.4 is 0 Å². The molecule has 0 saturated carbocycles. The zero-order chi connectivity index (χ0) is 13.9. The highest BCUT2D eigenvalue weighted by Gasteiger charge is 2.30. The van der Waals surface area contributed by atoms with Gasteiger partial charge in [-0.25, -0.2) is 0 Å². The Morgan fingerprint density at radius 3 is 2.37 bits per heavy atom. The van der Waals surface area contributed by atoms with Gasteiger partial charge in [-0.3, -0.25) is 9.69 Å². The molecule has 2 aliphatic rings. The van der Waals surface area contributed by atoms with E-state index in [-0.39, 0.29) is 11.3 Å². The lowest BCUT2D eigenvalue weighted by Gasteiger charge is -2.39. The third-order valence-corrected chi connectivity index (χ3v) is 4.04. The van der Waals surface area contributed by atoms with Crippen LogP contribution in [0.25, 0.3) is 0 Å². The maximum atomic E-state index is 12.2. The summed E-state index contributed by atoms with van der Waals surface area (Å²) in [5, 5.41) is 0. The molecule has 1 amide bonds. The average molecular weight is 268 g/mol. The highest BCUT2D eigenvalue weighted by Crippen LogP contribution is 2.19. The first-order valence-electron chi connectivity index (χ1n) is 7.60. The van der Waals surface area contributed by atoms with Gasteiger partial charge in [-0.15, -0.1) is 0 Å². The molecule has 0 radical (unpaired) electrons. The molecule has 0 aromatic heterocycles. The Bertz CT molecular complexity index is 298. The maximum Gasteiger partial charge on any atom is 0.228 e. The summed E-state index contributed by atoms with van der Waals surface area (Å²) < 4.78 is 5.79. The van der Waals surface area contributed by atoms with Crippen LogP contribution in [-0.4, -0.2) is 61.1 Å². The minimum atomic E-state index is -0.255. The minimum absolute atomic E-state index is 0.255. The summed E-state index contributed by atoms with van der Waals surface area (Å²) in [5.74, 6) is 0.279. The number of carbonyl (C=O) groups is 1. The van der Waals surface area contributed by atoms with Gasteiger partial charge < -0.3 is 9.64 Å². The number of rotatable bonds is 2. The summed E-state index contributed by atoms with van der Waals surface area (Å²) in [4.78, 5) is 16.7. The molecule has 0 aliphatic carbocycles. The number of piperazine rings is 1. The van der Waals surface area contributed by atoms with Crippen molar-refractivity contribution in [1.29, 1.82) is 0 Å². The number of amides is 1. The van der Waals surface area contributed by atoms with Crippen molar-refractivity contribution in [2.45, 2.75) is 46.1 Å².